The first-order valence-corrected chi connectivity index (χ1v) is 5.16. The van der Waals surface area contributed by atoms with Crippen molar-refractivity contribution in [2.45, 2.75) is 25.2 Å². The zero-order chi connectivity index (χ0) is 12.8. The van der Waals surface area contributed by atoms with Crippen LogP contribution in [0, 0.1) is 12.7 Å². The standard InChI is InChI=1S/C12H11FO4/c1-6-4-9(13)8(5-7(6)10(14)15)12(2-3-12)11(16)17/h4-5H,2-3H2,1H3,(H,14,15)(H,16,17). The van der Waals surface area contributed by atoms with Crippen LogP contribution in [-0.2, 0) is 10.2 Å². The average Bonchev–Trinajstić information content (AvgIpc) is 2.97. The SMILES string of the molecule is Cc1cc(F)c(C2(C(=O)O)CC2)cc1C(=O)O. The van der Waals surface area contributed by atoms with Crippen molar-refractivity contribution in [2.75, 3.05) is 0 Å². The molecule has 1 aliphatic rings. The van der Waals surface area contributed by atoms with E-state index in [0.29, 0.717) is 18.4 Å². The van der Waals surface area contributed by atoms with Crippen LogP contribution >= 0.6 is 0 Å². The van der Waals surface area contributed by atoms with Gasteiger partial charge < -0.3 is 10.2 Å². The van der Waals surface area contributed by atoms with Crippen molar-refractivity contribution in [3.8, 4) is 0 Å². The van der Waals surface area contributed by atoms with Gasteiger partial charge in [-0.25, -0.2) is 9.18 Å². The van der Waals surface area contributed by atoms with Gasteiger partial charge in [0.2, 0.25) is 0 Å². The molecule has 1 saturated carbocycles. The number of hydrogen-bond acceptors (Lipinski definition) is 2. The molecule has 0 saturated heterocycles. The number of carboxylic acids is 2. The van der Waals surface area contributed by atoms with Crippen LogP contribution in [0.3, 0.4) is 0 Å². The highest BCUT2D eigenvalue weighted by atomic mass is 19.1. The molecule has 0 bridgehead atoms. The van der Waals surface area contributed by atoms with E-state index in [0.717, 1.165) is 12.1 Å². The first kappa shape index (κ1) is 11.6. The summed E-state index contributed by atoms with van der Waals surface area (Å²) in [6, 6.07) is 2.23. The number of aliphatic carboxylic acids is 1. The van der Waals surface area contributed by atoms with E-state index in [1.807, 2.05) is 0 Å². The van der Waals surface area contributed by atoms with Gasteiger partial charge in [-0.3, -0.25) is 4.79 Å². The normalized spacial score (nSPS) is 16.6. The third kappa shape index (κ3) is 1.67. The molecule has 4 nitrogen and oxygen atoms in total. The summed E-state index contributed by atoms with van der Waals surface area (Å²) in [4.78, 5) is 22.0. The predicted molar refractivity (Wildman–Crippen MR) is 56.6 cm³/mol. The van der Waals surface area contributed by atoms with E-state index in [2.05, 4.69) is 0 Å². The third-order valence-corrected chi connectivity index (χ3v) is 3.22. The zero-order valence-corrected chi connectivity index (χ0v) is 9.16. The molecule has 0 spiro atoms. The Morgan fingerprint density at radius 3 is 2.29 bits per heavy atom. The molecule has 90 valence electrons. The summed E-state index contributed by atoms with van der Waals surface area (Å²) in [7, 11) is 0. The van der Waals surface area contributed by atoms with E-state index >= 15 is 0 Å². The van der Waals surface area contributed by atoms with E-state index in [1.165, 1.54) is 6.92 Å². The number of rotatable bonds is 3. The number of benzene rings is 1. The van der Waals surface area contributed by atoms with Crippen molar-refractivity contribution in [1.82, 2.24) is 0 Å². The molecule has 1 fully saturated rings. The average molecular weight is 238 g/mol. The molecule has 5 heteroatoms. The Bertz CT molecular complexity index is 517. The van der Waals surface area contributed by atoms with Crippen LogP contribution < -0.4 is 0 Å². The number of halogens is 1. The molecule has 0 amide bonds. The highest BCUT2D eigenvalue weighted by Crippen LogP contribution is 2.49. The van der Waals surface area contributed by atoms with Crippen LogP contribution in [0.2, 0.25) is 0 Å². The maximum Gasteiger partial charge on any atom is 0.335 e. The van der Waals surface area contributed by atoms with Gasteiger partial charge in [-0.15, -0.1) is 0 Å². The van der Waals surface area contributed by atoms with Crippen LogP contribution in [0.4, 0.5) is 4.39 Å². The molecule has 0 aliphatic heterocycles. The summed E-state index contributed by atoms with van der Waals surface area (Å²) in [5, 5.41) is 18.0. The Labute approximate surface area is 96.7 Å². The second-order valence-electron chi connectivity index (χ2n) is 4.34. The van der Waals surface area contributed by atoms with E-state index in [-0.39, 0.29) is 11.1 Å². The Kier molecular flexibility index (Phi) is 2.41. The van der Waals surface area contributed by atoms with Gasteiger partial charge in [0.15, 0.2) is 0 Å². The molecule has 0 radical (unpaired) electrons. The molecule has 2 rings (SSSR count). The summed E-state index contributed by atoms with van der Waals surface area (Å²) in [6.07, 6.45) is 0.697. The number of aryl methyl sites for hydroxylation is 1. The second-order valence-corrected chi connectivity index (χ2v) is 4.34. The molecule has 0 atom stereocenters. The Balaban J connectivity index is 2.59. The number of carbonyl (C=O) groups is 2. The van der Waals surface area contributed by atoms with Crippen molar-refractivity contribution in [2.24, 2.45) is 0 Å². The molecule has 1 aromatic rings. The fourth-order valence-corrected chi connectivity index (χ4v) is 1.99. The fourth-order valence-electron chi connectivity index (χ4n) is 1.99. The summed E-state index contributed by atoms with van der Waals surface area (Å²) >= 11 is 0. The summed E-state index contributed by atoms with van der Waals surface area (Å²) in [5.41, 5.74) is -0.996. The van der Waals surface area contributed by atoms with Crippen molar-refractivity contribution < 1.29 is 24.2 Å². The van der Waals surface area contributed by atoms with Crippen LogP contribution in [0.25, 0.3) is 0 Å². The quantitative estimate of drug-likeness (QED) is 0.843. The molecule has 2 N–H and O–H groups in total. The van der Waals surface area contributed by atoms with E-state index in [9.17, 15) is 14.0 Å². The molecular formula is C12H11FO4. The number of aromatic carboxylic acids is 1. The number of carboxylic acid groups (broad SMARTS) is 2. The minimum absolute atomic E-state index is 0.0204. The highest BCUT2D eigenvalue weighted by Gasteiger charge is 2.53. The third-order valence-electron chi connectivity index (χ3n) is 3.22. The van der Waals surface area contributed by atoms with Crippen LogP contribution in [-0.4, -0.2) is 22.2 Å². The van der Waals surface area contributed by atoms with Crippen LogP contribution in [0.1, 0.15) is 34.3 Å². The molecule has 1 aromatic carbocycles. The maximum atomic E-state index is 13.7. The molecule has 0 aromatic heterocycles. The Hall–Kier alpha value is -1.91. The van der Waals surface area contributed by atoms with Gasteiger partial charge in [0.25, 0.3) is 0 Å². The van der Waals surface area contributed by atoms with E-state index in [1.54, 1.807) is 0 Å². The monoisotopic (exact) mass is 238 g/mol. The minimum atomic E-state index is -1.22. The zero-order valence-electron chi connectivity index (χ0n) is 9.16. The van der Waals surface area contributed by atoms with Gasteiger partial charge in [0.1, 0.15) is 5.82 Å². The lowest BCUT2D eigenvalue weighted by Gasteiger charge is -2.13. The van der Waals surface area contributed by atoms with Gasteiger partial charge in [-0.2, -0.15) is 0 Å². The minimum Gasteiger partial charge on any atom is -0.481 e. The Morgan fingerprint density at radius 1 is 1.29 bits per heavy atom. The van der Waals surface area contributed by atoms with Crippen LogP contribution in [0.5, 0.6) is 0 Å². The lowest BCUT2D eigenvalue weighted by molar-refractivity contribution is -0.140. The Morgan fingerprint density at radius 2 is 1.88 bits per heavy atom. The van der Waals surface area contributed by atoms with Crippen LogP contribution in [0.15, 0.2) is 12.1 Å². The number of hydrogen-bond donors (Lipinski definition) is 2. The molecule has 17 heavy (non-hydrogen) atoms. The van der Waals surface area contributed by atoms with Crippen molar-refractivity contribution in [3.63, 3.8) is 0 Å². The molecule has 1 aliphatic carbocycles. The van der Waals surface area contributed by atoms with Crippen molar-refractivity contribution >= 4 is 11.9 Å². The van der Waals surface area contributed by atoms with Gasteiger partial charge in [0.05, 0.1) is 11.0 Å². The van der Waals surface area contributed by atoms with Crippen molar-refractivity contribution in [3.05, 3.63) is 34.6 Å². The summed E-state index contributed by atoms with van der Waals surface area (Å²) in [6.45, 7) is 1.48. The largest absolute Gasteiger partial charge is 0.481 e. The lowest BCUT2D eigenvalue weighted by Crippen LogP contribution is -2.22. The summed E-state index contributed by atoms with van der Waals surface area (Å²) < 4.78 is 13.7. The fraction of sp³-hybridized carbons (Fsp3) is 0.333. The second kappa shape index (κ2) is 3.55. The highest BCUT2D eigenvalue weighted by molar-refractivity contribution is 5.91. The predicted octanol–water partition coefficient (Wildman–Crippen LogP) is 1.95. The van der Waals surface area contributed by atoms with Gasteiger partial charge in [-0.1, -0.05) is 0 Å². The topological polar surface area (TPSA) is 74.6 Å². The smallest absolute Gasteiger partial charge is 0.335 e. The van der Waals surface area contributed by atoms with E-state index in [4.69, 9.17) is 10.2 Å². The van der Waals surface area contributed by atoms with Gasteiger partial charge in [-0.05, 0) is 37.5 Å². The van der Waals surface area contributed by atoms with Crippen molar-refractivity contribution in [1.29, 1.82) is 0 Å². The van der Waals surface area contributed by atoms with Gasteiger partial charge in [0, 0.05) is 5.56 Å². The van der Waals surface area contributed by atoms with E-state index < -0.39 is 23.2 Å². The maximum absolute atomic E-state index is 13.7. The molecule has 0 unspecified atom stereocenters. The molecular weight excluding hydrogens is 227 g/mol. The lowest BCUT2D eigenvalue weighted by atomic mass is 9.92. The molecule has 0 heterocycles. The first-order chi connectivity index (χ1) is 7.88. The first-order valence-electron chi connectivity index (χ1n) is 5.16. The summed E-state index contributed by atoms with van der Waals surface area (Å²) in [5.74, 6) is -2.92. The van der Waals surface area contributed by atoms with Gasteiger partial charge >= 0.3 is 11.9 Å².